The van der Waals surface area contributed by atoms with Crippen molar-refractivity contribution < 1.29 is 0 Å². The first kappa shape index (κ1) is 11.7. The smallest absolute Gasteiger partial charge is 0.0300 e. The van der Waals surface area contributed by atoms with Crippen LogP contribution in [0, 0.1) is 19.8 Å². The number of nitrogens with two attached hydrogens (primary N) is 1. The predicted octanol–water partition coefficient (Wildman–Crippen LogP) is 3.88. The summed E-state index contributed by atoms with van der Waals surface area (Å²) in [5.74, 6) is 0.870. The average Bonchev–Trinajstić information content (AvgIpc) is 2.74. The molecule has 1 aliphatic rings. The van der Waals surface area contributed by atoms with E-state index in [1.165, 1.54) is 48.8 Å². The van der Waals surface area contributed by atoms with Gasteiger partial charge in [0.15, 0.2) is 0 Å². The van der Waals surface area contributed by atoms with Gasteiger partial charge in [0, 0.05) is 6.04 Å². The second kappa shape index (κ2) is 5.01. The number of aryl methyl sites for hydroxylation is 2. The summed E-state index contributed by atoms with van der Waals surface area (Å²) in [7, 11) is 0. The topological polar surface area (TPSA) is 26.0 Å². The Kier molecular flexibility index (Phi) is 3.65. The van der Waals surface area contributed by atoms with Gasteiger partial charge in [-0.1, -0.05) is 49.4 Å². The van der Waals surface area contributed by atoms with Crippen LogP contribution in [0.15, 0.2) is 18.2 Å². The second-order valence-corrected chi connectivity index (χ2v) is 5.35. The normalized spacial score (nSPS) is 18.9. The number of rotatable bonds is 3. The molecule has 88 valence electrons. The largest absolute Gasteiger partial charge is 0.324 e. The Hall–Kier alpha value is -0.820. The summed E-state index contributed by atoms with van der Waals surface area (Å²) in [6.45, 7) is 4.31. The summed E-state index contributed by atoms with van der Waals surface area (Å²) < 4.78 is 0. The number of hydrogen-bond acceptors (Lipinski definition) is 1. The summed E-state index contributed by atoms with van der Waals surface area (Å²) in [4.78, 5) is 0. The summed E-state index contributed by atoms with van der Waals surface area (Å²) in [6.07, 6.45) is 6.76. The lowest BCUT2D eigenvalue weighted by atomic mass is 9.91. The number of benzene rings is 1. The van der Waals surface area contributed by atoms with Crippen molar-refractivity contribution in [3.8, 4) is 0 Å². The highest BCUT2D eigenvalue weighted by atomic mass is 14.6. The van der Waals surface area contributed by atoms with Gasteiger partial charge in [0.05, 0.1) is 0 Å². The SMILES string of the molecule is Cc1ccc(C)c(C(N)CC2CCCC2)c1. The highest BCUT2D eigenvalue weighted by Gasteiger charge is 2.19. The first-order valence-electron chi connectivity index (χ1n) is 6.49. The molecule has 1 aliphatic carbocycles. The minimum absolute atomic E-state index is 0.239. The first-order valence-corrected chi connectivity index (χ1v) is 6.49. The van der Waals surface area contributed by atoms with Gasteiger partial charge in [-0.2, -0.15) is 0 Å². The maximum absolute atomic E-state index is 6.34. The molecule has 16 heavy (non-hydrogen) atoms. The van der Waals surface area contributed by atoms with Crippen LogP contribution < -0.4 is 5.73 Å². The van der Waals surface area contributed by atoms with Crippen LogP contribution in [-0.2, 0) is 0 Å². The molecule has 1 saturated carbocycles. The highest BCUT2D eigenvalue weighted by Crippen LogP contribution is 2.32. The molecule has 0 aliphatic heterocycles. The van der Waals surface area contributed by atoms with Crippen molar-refractivity contribution in [2.45, 2.75) is 52.0 Å². The summed E-state index contributed by atoms with van der Waals surface area (Å²) in [5, 5.41) is 0. The lowest BCUT2D eigenvalue weighted by Gasteiger charge is -2.19. The molecule has 1 fully saturated rings. The van der Waals surface area contributed by atoms with Crippen LogP contribution in [0.3, 0.4) is 0 Å². The van der Waals surface area contributed by atoms with E-state index in [0.717, 1.165) is 5.92 Å². The molecule has 1 unspecified atom stereocenters. The Morgan fingerprint density at radius 2 is 1.94 bits per heavy atom. The fourth-order valence-corrected chi connectivity index (χ4v) is 2.89. The van der Waals surface area contributed by atoms with Crippen LogP contribution in [-0.4, -0.2) is 0 Å². The Morgan fingerprint density at radius 3 is 2.62 bits per heavy atom. The van der Waals surface area contributed by atoms with Gasteiger partial charge in [-0.05, 0) is 37.3 Å². The molecule has 1 nitrogen and oxygen atoms in total. The zero-order valence-electron chi connectivity index (χ0n) is 10.5. The zero-order chi connectivity index (χ0) is 11.5. The van der Waals surface area contributed by atoms with Crippen molar-refractivity contribution in [3.63, 3.8) is 0 Å². The van der Waals surface area contributed by atoms with Gasteiger partial charge >= 0.3 is 0 Å². The van der Waals surface area contributed by atoms with Crippen molar-refractivity contribution in [2.24, 2.45) is 11.7 Å². The Balaban J connectivity index is 2.07. The lowest BCUT2D eigenvalue weighted by Crippen LogP contribution is -2.15. The molecular formula is C15H23N. The van der Waals surface area contributed by atoms with E-state index in [-0.39, 0.29) is 6.04 Å². The molecule has 0 bridgehead atoms. The van der Waals surface area contributed by atoms with E-state index in [1.54, 1.807) is 0 Å². The third-order valence-electron chi connectivity index (χ3n) is 3.90. The molecule has 1 aromatic carbocycles. The van der Waals surface area contributed by atoms with Crippen molar-refractivity contribution >= 4 is 0 Å². The highest BCUT2D eigenvalue weighted by molar-refractivity contribution is 5.32. The molecule has 0 aromatic heterocycles. The molecule has 2 N–H and O–H groups in total. The van der Waals surface area contributed by atoms with Crippen molar-refractivity contribution in [1.82, 2.24) is 0 Å². The van der Waals surface area contributed by atoms with E-state index in [2.05, 4.69) is 32.0 Å². The quantitative estimate of drug-likeness (QED) is 0.817. The maximum Gasteiger partial charge on any atom is 0.0300 e. The molecule has 0 heterocycles. The summed E-state index contributed by atoms with van der Waals surface area (Å²) in [5.41, 5.74) is 10.4. The number of hydrogen-bond donors (Lipinski definition) is 1. The van der Waals surface area contributed by atoms with Gasteiger partial charge in [-0.3, -0.25) is 0 Å². The van der Waals surface area contributed by atoms with Crippen LogP contribution in [0.25, 0.3) is 0 Å². The van der Waals surface area contributed by atoms with Crippen LogP contribution in [0.1, 0.15) is 54.8 Å². The van der Waals surface area contributed by atoms with Crippen LogP contribution in [0.5, 0.6) is 0 Å². The van der Waals surface area contributed by atoms with Gasteiger partial charge < -0.3 is 5.73 Å². The lowest BCUT2D eigenvalue weighted by molar-refractivity contribution is 0.450. The van der Waals surface area contributed by atoms with Gasteiger partial charge in [0.2, 0.25) is 0 Å². The molecule has 0 saturated heterocycles. The molecule has 1 atom stereocenters. The van der Waals surface area contributed by atoms with Gasteiger partial charge in [0.25, 0.3) is 0 Å². The predicted molar refractivity (Wildman–Crippen MR) is 69.4 cm³/mol. The minimum Gasteiger partial charge on any atom is -0.324 e. The first-order chi connectivity index (χ1) is 7.66. The van der Waals surface area contributed by atoms with E-state index in [9.17, 15) is 0 Å². The van der Waals surface area contributed by atoms with Crippen molar-refractivity contribution in [3.05, 3.63) is 34.9 Å². The Bertz CT molecular complexity index is 350. The molecule has 0 spiro atoms. The summed E-state index contributed by atoms with van der Waals surface area (Å²) in [6, 6.07) is 6.86. The molecule has 2 rings (SSSR count). The van der Waals surface area contributed by atoms with E-state index < -0.39 is 0 Å². The van der Waals surface area contributed by atoms with E-state index in [4.69, 9.17) is 5.73 Å². The fraction of sp³-hybridized carbons (Fsp3) is 0.600. The fourth-order valence-electron chi connectivity index (χ4n) is 2.89. The molecular weight excluding hydrogens is 194 g/mol. The van der Waals surface area contributed by atoms with Crippen LogP contribution >= 0.6 is 0 Å². The van der Waals surface area contributed by atoms with Crippen molar-refractivity contribution in [1.29, 1.82) is 0 Å². The van der Waals surface area contributed by atoms with Gasteiger partial charge in [-0.15, -0.1) is 0 Å². The standard InChI is InChI=1S/C15H23N/c1-11-7-8-12(2)14(9-11)15(16)10-13-5-3-4-6-13/h7-9,13,15H,3-6,10,16H2,1-2H3. The van der Waals surface area contributed by atoms with Crippen molar-refractivity contribution in [2.75, 3.05) is 0 Å². The third kappa shape index (κ3) is 2.65. The van der Waals surface area contributed by atoms with Crippen LogP contribution in [0.4, 0.5) is 0 Å². The van der Waals surface area contributed by atoms with Gasteiger partial charge in [0.1, 0.15) is 0 Å². The zero-order valence-corrected chi connectivity index (χ0v) is 10.5. The average molecular weight is 217 g/mol. The minimum atomic E-state index is 0.239. The third-order valence-corrected chi connectivity index (χ3v) is 3.90. The molecule has 0 radical (unpaired) electrons. The second-order valence-electron chi connectivity index (χ2n) is 5.35. The van der Waals surface area contributed by atoms with E-state index in [0.29, 0.717) is 0 Å². The monoisotopic (exact) mass is 217 g/mol. The van der Waals surface area contributed by atoms with Crippen LogP contribution in [0.2, 0.25) is 0 Å². The molecule has 1 heteroatoms. The Morgan fingerprint density at radius 1 is 1.25 bits per heavy atom. The maximum atomic E-state index is 6.34. The molecule has 0 amide bonds. The molecule has 1 aromatic rings. The van der Waals surface area contributed by atoms with E-state index >= 15 is 0 Å². The van der Waals surface area contributed by atoms with E-state index in [1.807, 2.05) is 0 Å². The Labute approximate surface area is 99.0 Å². The summed E-state index contributed by atoms with van der Waals surface area (Å²) >= 11 is 0. The van der Waals surface area contributed by atoms with Gasteiger partial charge in [-0.25, -0.2) is 0 Å².